The molecule has 3 atom stereocenters. The number of ether oxygens (including phenoxy) is 1. The molecular formula is C37H48N4O6. The van der Waals surface area contributed by atoms with Gasteiger partial charge in [-0.2, -0.15) is 0 Å². The van der Waals surface area contributed by atoms with Crippen molar-refractivity contribution in [3.05, 3.63) is 101 Å². The van der Waals surface area contributed by atoms with E-state index in [0.717, 1.165) is 16.7 Å². The van der Waals surface area contributed by atoms with Crippen molar-refractivity contribution >= 4 is 23.8 Å². The number of primary amides is 1. The van der Waals surface area contributed by atoms with Gasteiger partial charge < -0.3 is 30.7 Å². The highest BCUT2D eigenvalue weighted by molar-refractivity contribution is 5.93. The molecule has 0 aliphatic rings. The smallest absolute Gasteiger partial charge is 0.408 e. The number of rotatable bonds is 13. The van der Waals surface area contributed by atoms with E-state index in [4.69, 9.17) is 10.5 Å². The minimum absolute atomic E-state index is 0.0272. The van der Waals surface area contributed by atoms with Crippen molar-refractivity contribution in [2.24, 2.45) is 11.7 Å². The van der Waals surface area contributed by atoms with Crippen LogP contribution < -0.4 is 11.1 Å². The van der Waals surface area contributed by atoms with E-state index in [9.17, 15) is 24.3 Å². The maximum absolute atomic E-state index is 14.1. The van der Waals surface area contributed by atoms with Crippen LogP contribution in [0.5, 0.6) is 5.75 Å². The number of alkyl carbamates (subject to hydrolysis) is 1. The minimum Gasteiger partial charge on any atom is -0.508 e. The number of amides is 4. The predicted octanol–water partition coefficient (Wildman–Crippen LogP) is 4.57. The second-order valence-electron chi connectivity index (χ2n) is 13.3. The molecule has 0 unspecified atom stereocenters. The second-order valence-corrected chi connectivity index (χ2v) is 13.3. The molecular weight excluding hydrogens is 596 g/mol. The van der Waals surface area contributed by atoms with Crippen LogP contribution in [0.15, 0.2) is 78.9 Å². The summed E-state index contributed by atoms with van der Waals surface area (Å²) in [5, 5.41) is 13.1. The van der Waals surface area contributed by atoms with Gasteiger partial charge in [-0.3, -0.25) is 14.4 Å². The molecule has 0 aliphatic carbocycles. The molecule has 0 aromatic heterocycles. The van der Waals surface area contributed by atoms with E-state index in [-0.39, 0.29) is 36.5 Å². The molecule has 3 aromatic rings. The maximum Gasteiger partial charge on any atom is 0.408 e. The average molecular weight is 645 g/mol. The first-order valence-corrected chi connectivity index (χ1v) is 15.8. The van der Waals surface area contributed by atoms with Crippen LogP contribution in [0.25, 0.3) is 0 Å². The summed E-state index contributed by atoms with van der Waals surface area (Å²) in [6.45, 7) is 9.55. The molecule has 3 rings (SSSR count). The fourth-order valence-electron chi connectivity index (χ4n) is 5.56. The van der Waals surface area contributed by atoms with Gasteiger partial charge >= 0.3 is 6.09 Å². The Morgan fingerprint density at radius 1 is 0.809 bits per heavy atom. The topological polar surface area (TPSA) is 142 Å². The number of carbonyl (C=O) groups is 4. The normalized spacial score (nSPS) is 13.3. The predicted molar refractivity (Wildman–Crippen MR) is 181 cm³/mol. The number of nitrogens with two attached hydrogens (primary N) is 1. The Balaban J connectivity index is 1.84. The van der Waals surface area contributed by atoms with Crippen molar-refractivity contribution in [2.75, 3.05) is 14.1 Å². The Hall–Kier alpha value is -4.86. The van der Waals surface area contributed by atoms with E-state index in [1.54, 1.807) is 12.1 Å². The summed E-state index contributed by atoms with van der Waals surface area (Å²) < 4.78 is 5.41. The van der Waals surface area contributed by atoms with Crippen LogP contribution in [0.1, 0.15) is 56.9 Å². The van der Waals surface area contributed by atoms with Crippen molar-refractivity contribution in [1.29, 1.82) is 0 Å². The van der Waals surface area contributed by atoms with Crippen LogP contribution in [0.3, 0.4) is 0 Å². The van der Waals surface area contributed by atoms with Gasteiger partial charge in [0.15, 0.2) is 0 Å². The zero-order chi connectivity index (χ0) is 34.9. The number of phenols is 1. The number of hydrogen-bond acceptors (Lipinski definition) is 6. The van der Waals surface area contributed by atoms with Crippen molar-refractivity contribution in [3.63, 3.8) is 0 Å². The van der Waals surface area contributed by atoms with Gasteiger partial charge in [0.2, 0.25) is 17.7 Å². The Morgan fingerprint density at radius 3 is 1.91 bits per heavy atom. The van der Waals surface area contributed by atoms with E-state index >= 15 is 0 Å². The van der Waals surface area contributed by atoms with Gasteiger partial charge in [-0.1, -0.05) is 107 Å². The fourth-order valence-corrected chi connectivity index (χ4v) is 5.56. The number of likely N-dealkylation sites (N-methyl/N-ethyl adjacent to an activating group) is 2. The number of carbonyl (C=O) groups excluding carboxylic acids is 4. The van der Waals surface area contributed by atoms with Gasteiger partial charge in [0.05, 0.1) is 0 Å². The lowest BCUT2D eigenvalue weighted by Crippen LogP contribution is -2.59. The van der Waals surface area contributed by atoms with Gasteiger partial charge in [0.25, 0.3) is 0 Å². The van der Waals surface area contributed by atoms with E-state index in [1.807, 2.05) is 101 Å². The molecule has 10 nitrogen and oxygen atoms in total. The first-order chi connectivity index (χ1) is 22.1. The molecule has 4 amide bonds. The SMILES string of the molecule is CC(C)[C@@H](C(=O)N(C)[C@@H](Cc1ccc(O)c(C(C)(C)C)c1)C(N)=O)N(C)C(=O)[C@H](Cc1ccccc1)NC(=O)OCc1ccccc1. The summed E-state index contributed by atoms with van der Waals surface area (Å²) in [6.07, 6.45) is -0.479. The quantitative estimate of drug-likeness (QED) is 0.249. The highest BCUT2D eigenvalue weighted by atomic mass is 16.5. The van der Waals surface area contributed by atoms with E-state index in [0.29, 0.717) is 5.56 Å². The molecule has 252 valence electrons. The minimum atomic E-state index is -1.04. The van der Waals surface area contributed by atoms with Crippen molar-refractivity contribution < 1.29 is 29.0 Å². The highest BCUT2D eigenvalue weighted by Crippen LogP contribution is 2.32. The molecule has 3 aromatic carbocycles. The monoisotopic (exact) mass is 644 g/mol. The van der Waals surface area contributed by atoms with E-state index < -0.39 is 41.9 Å². The van der Waals surface area contributed by atoms with Crippen molar-refractivity contribution in [1.82, 2.24) is 15.1 Å². The molecule has 0 saturated carbocycles. The van der Waals surface area contributed by atoms with Crippen LogP contribution in [0.4, 0.5) is 4.79 Å². The molecule has 47 heavy (non-hydrogen) atoms. The zero-order valence-corrected chi connectivity index (χ0v) is 28.4. The standard InChI is InChI=1S/C37H48N4O6/c1-24(2)32(35(45)40(6)30(33(38)43)22-27-18-19-31(42)28(20-27)37(3,4)5)41(7)34(44)29(21-25-14-10-8-11-15-25)39-36(46)47-23-26-16-12-9-13-17-26/h8-20,24,29-30,32,42H,21-23H2,1-7H3,(H2,38,43)(H,39,46)/t29-,30-,32-/m0/s1. The van der Waals surface area contributed by atoms with Gasteiger partial charge in [0.1, 0.15) is 30.5 Å². The lowest BCUT2D eigenvalue weighted by Gasteiger charge is -2.37. The Labute approximate surface area is 277 Å². The second kappa shape index (κ2) is 16.1. The summed E-state index contributed by atoms with van der Waals surface area (Å²) in [7, 11) is 3.01. The van der Waals surface area contributed by atoms with Crippen LogP contribution in [0, 0.1) is 5.92 Å². The number of aromatic hydroxyl groups is 1. The fraction of sp³-hybridized carbons (Fsp3) is 0.405. The Kier molecular flexibility index (Phi) is 12.5. The third-order valence-corrected chi connectivity index (χ3v) is 8.18. The van der Waals surface area contributed by atoms with Gasteiger partial charge in [-0.15, -0.1) is 0 Å². The summed E-state index contributed by atoms with van der Waals surface area (Å²) in [5.41, 5.74) is 8.51. The molecule has 0 saturated heterocycles. The average Bonchev–Trinajstić information content (AvgIpc) is 3.02. The summed E-state index contributed by atoms with van der Waals surface area (Å²) in [6, 6.07) is 20.5. The van der Waals surface area contributed by atoms with Crippen LogP contribution in [-0.2, 0) is 44.0 Å². The van der Waals surface area contributed by atoms with E-state index in [1.165, 1.54) is 23.9 Å². The highest BCUT2D eigenvalue weighted by Gasteiger charge is 2.38. The molecule has 10 heteroatoms. The van der Waals surface area contributed by atoms with Gasteiger partial charge in [-0.25, -0.2) is 4.79 Å². The molecule has 0 spiro atoms. The third-order valence-electron chi connectivity index (χ3n) is 8.18. The summed E-state index contributed by atoms with van der Waals surface area (Å²) >= 11 is 0. The molecule has 0 heterocycles. The van der Waals surface area contributed by atoms with Gasteiger partial charge in [-0.05, 0) is 39.7 Å². The van der Waals surface area contributed by atoms with Crippen molar-refractivity contribution in [3.8, 4) is 5.75 Å². The molecule has 0 fully saturated rings. The number of nitrogens with one attached hydrogen (secondary N) is 1. The third kappa shape index (κ3) is 10.1. The first kappa shape index (κ1) is 36.6. The van der Waals surface area contributed by atoms with Crippen LogP contribution in [0.2, 0.25) is 0 Å². The number of nitrogens with zero attached hydrogens (tertiary/aromatic N) is 2. The lowest BCUT2D eigenvalue weighted by molar-refractivity contribution is -0.149. The largest absolute Gasteiger partial charge is 0.508 e. The maximum atomic E-state index is 14.1. The van der Waals surface area contributed by atoms with Gasteiger partial charge in [0, 0.05) is 26.9 Å². The first-order valence-electron chi connectivity index (χ1n) is 15.8. The summed E-state index contributed by atoms with van der Waals surface area (Å²) in [4.78, 5) is 56.4. The number of hydrogen-bond donors (Lipinski definition) is 3. The van der Waals surface area contributed by atoms with Crippen LogP contribution in [-0.4, -0.2) is 70.9 Å². The Bertz CT molecular complexity index is 1520. The molecule has 4 N–H and O–H groups in total. The number of phenolic OH excluding ortho intramolecular Hbond substituents is 1. The summed E-state index contributed by atoms with van der Waals surface area (Å²) in [5.74, 6) is -1.87. The zero-order valence-electron chi connectivity index (χ0n) is 28.4. The lowest BCUT2D eigenvalue weighted by atomic mass is 9.84. The molecule has 0 bridgehead atoms. The Morgan fingerprint density at radius 2 is 1.38 bits per heavy atom. The van der Waals surface area contributed by atoms with Crippen LogP contribution >= 0.6 is 0 Å². The van der Waals surface area contributed by atoms with Crippen molar-refractivity contribution in [2.45, 2.75) is 77.6 Å². The van der Waals surface area contributed by atoms with E-state index in [2.05, 4.69) is 5.32 Å². The molecule has 0 radical (unpaired) electrons. The number of benzene rings is 3. The molecule has 0 aliphatic heterocycles.